The van der Waals surface area contributed by atoms with E-state index < -0.39 is 31.1 Å². The van der Waals surface area contributed by atoms with Crippen molar-refractivity contribution >= 4 is 17.7 Å². The topological polar surface area (TPSA) is 78.9 Å². The number of alkyl halides is 2. The summed E-state index contributed by atoms with van der Waals surface area (Å²) in [6.45, 7) is -1.04. The molecule has 0 radical (unpaired) electrons. The predicted octanol–water partition coefficient (Wildman–Crippen LogP) is 1.31. The maximum Gasteiger partial charge on any atom is 0.346 e. The number of carbonyl (C=O) groups is 2. The van der Waals surface area contributed by atoms with Crippen LogP contribution in [0.3, 0.4) is 0 Å². The van der Waals surface area contributed by atoms with E-state index in [0.29, 0.717) is 5.69 Å². The first-order valence-electron chi connectivity index (χ1n) is 5.81. The summed E-state index contributed by atoms with van der Waals surface area (Å²) in [4.78, 5) is 23.9. The number of halogens is 2. The summed E-state index contributed by atoms with van der Waals surface area (Å²) in [5.41, 5.74) is 0.344. The van der Waals surface area contributed by atoms with E-state index in [1.165, 1.54) is 6.07 Å². The van der Waals surface area contributed by atoms with Crippen LogP contribution in [0.15, 0.2) is 24.3 Å². The highest BCUT2D eigenvalue weighted by Gasteiger charge is 2.33. The van der Waals surface area contributed by atoms with Gasteiger partial charge in [0, 0.05) is 0 Å². The summed E-state index contributed by atoms with van der Waals surface area (Å²) in [5.74, 6) is -1.01. The van der Waals surface area contributed by atoms with Crippen LogP contribution >= 0.6 is 0 Å². The average Bonchev–Trinajstić information content (AvgIpc) is 2.43. The number of anilines is 1. The lowest BCUT2D eigenvalue weighted by atomic mass is 10.2. The zero-order valence-corrected chi connectivity index (χ0v) is 10.3. The van der Waals surface area contributed by atoms with E-state index in [4.69, 9.17) is 9.84 Å². The number of para-hydroxylation sites is 2. The van der Waals surface area contributed by atoms with Crippen molar-refractivity contribution in [1.29, 1.82) is 0 Å². The van der Waals surface area contributed by atoms with Gasteiger partial charge in [-0.2, -0.15) is 0 Å². The molecule has 1 aromatic rings. The fraction of sp³-hybridized carbons (Fsp3) is 0.333. The van der Waals surface area contributed by atoms with Crippen LogP contribution in [-0.2, 0) is 4.79 Å². The Morgan fingerprint density at radius 2 is 2.15 bits per heavy atom. The van der Waals surface area contributed by atoms with Gasteiger partial charge in [-0.05, 0) is 12.1 Å². The molecular weight excluding hydrogens is 274 g/mol. The normalized spacial score (nSPS) is 17.4. The van der Waals surface area contributed by atoms with Gasteiger partial charge in [0.2, 0.25) is 6.10 Å². The quantitative estimate of drug-likeness (QED) is 0.878. The number of aliphatic carboxylic acids is 1. The number of fused-ring (bicyclic) bond motifs is 1. The van der Waals surface area contributed by atoms with Crippen LogP contribution in [0.4, 0.5) is 19.3 Å². The molecule has 2 rings (SSSR count). The van der Waals surface area contributed by atoms with Crippen molar-refractivity contribution < 1.29 is 28.2 Å². The molecule has 2 N–H and O–H groups in total. The van der Waals surface area contributed by atoms with Crippen LogP contribution in [0, 0.1) is 0 Å². The van der Waals surface area contributed by atoms with Crippen molar-refractivity contribution in [2.24, 2.45) is 0 Å². The Bertz CT molecular complexity index is 524. The molecule has 0 aromatic heterocycles. The van der Waals surface area contributed by atoms with Gasteiger partial charge in [0.1, 0.15) is 5.75 Å². The standard InChI is InChI=1S/C12H12F2N2O4/c13-10(14)5-15-12(19)16-6-9(11(17)18)20-8-4-2-1-3-7(8)16/h1-4,9-10H,5-6H2,(H,15,19)(H,17,18). The molecule has 1 unspecified atom stereocenters. The van der Waals surface area contributed by atoms with E-state index in [1.807, 2.05) is 5.32 Å². The number of amides is 2. The first-order chi connectivity index (χ1) is 9.49. The Labute approximate surface area is 112 Å². The van der Waals surface area contributed by atoms with E-state index in [0.717, 1.165) is 4.90 Å². The second kappa shape index (κ2) is 5.72. The molecule has 0 fully saturated rings. The molecule has 0 saturated carbocycles. The maximum absolute atomic E-state index is 12.1. The van der Waals surface area contributed by atoms with Gasteiger partial charge in [0.05, 0.1) is 18.8 Å². The first-order valence-corrected chi connectivity index (χ1v) is 5.81. The van der Waals surface area contributed by atoms with E-state index >= 15 is 0 Å². The predicted molar refractivity (Wildman–Crippen MR) is 65.2 cm³/mol. The summed E-state index contributed by atoms with van der Waals surface area (Å²) in [7, 11) is 0. The van der Waals surface area contributed by atoms with Gasteiger partial charge in [0.25, 0.3) is 6.43 Å². The molecular formula is C12H12F2N2O4. The highest BCUT2D eigenvalue weighted by molar-refractivity contribution is 5.95. The van der Waals surface area contributed by atoms with Crippen LogP contribution in [0.5, 0.6) is 5.75 Å². The van der Waals surface area contributed by atoms with Crippen LogP contribution in [-0.4, -0.2) is 42.7 Å². The van der Waals surface area contributed by atoms with Gasteiger partial charge < -0.3 is 15.2 Å². The number of carbonyl (C=O) groups excluding carboxylic acids is 1. The fourth-order valence-electron chi connectivity index (χ4n) is 1.82. The number of hydrogen-bond donors (Lipinski definition) is 2. The number of carboxylic acid groups (broad SMARTS) is 1. The Morgan fingerprint density at radius 1 is 1.45 bits per heavy atom. The minimum Gasteiger partial charge on any atom is -0.478 e. The van der Waals surface area contributed by atoms with Crippen molar-refractivity contribution in [3.8, 4) is 5.75 Å². The Balaban J connectivity index is 2.22. The molecule has 2 amide bonds. The number of nitrogens with one attached hydrogen (secondary N) is 1. The molecule has 6 nitrogen and oxygen atoms in total. The minimum atomic E-state index is -2.68. The largest absolute Gasteiger partial charge is 0.478 e. The van der Waals surface area contributed by atoms with Crippen molar-refractivity contribution in [3.05, 3.63) is 24.3 Å². The fourth-order valence-corrected chi connectivity index (χ4v) is 1.82. The molecule has 1 heterocycles. The second-order valence-corrected chi connectivity index (χ2v) is 4.10. The van der Waals surface area contributed by atoms with Gasteiger partial charge in [-0.25, -0.2) is 18.4 Å². The summed E-state index contributed by atoms with van der Waals surface area (Å²) < 4.78 is 29.5. The summed E-state index contributed by atoms with van der Waals surface area (Å²) in [6.07, 6.45) is -3.91. The number of nitrogens with zero attached hydrogens (tertiary/aromatic N) is 1. The average molecular weight is 286 g/mol. The molecule has 20 heavy (non-hydrogen) atoms. The molecule has 0 aliphatic carbocycles. The number of hydrogen-bond acceptors (Lipinski definition) is 3. The summed E-state index contributed by atoms with van der Waals surface area (Å²) in [5, 5.41) is 11.0. The molecule has 1 atom stereocenters. The van der Waals surface area contributed by atoms with E-state index in [-0.39, 0.29) is 12.3 Å². The van der Waals surface area contributed by atoms with Crippen molar-refractivity contribution in [2.45, 2.75) is 12.5 Å². The highest BCUT2D eigenvalue weighted by atomic mass is 19.3. The molecule has 1 aliphatic rings. The lowest BCUT2D eigenvalue weighted by molar-refractivity contribution is -0.144. The second-order valence-electron chi connectivity index (χ2n) is 4.10. The van der Waals surface area contributed by atoms with Gasteiger partial charge in [-0.1, -0.05) is 12.1 Å². The Kier molecular flexibility index (Phi) is 4.02. The van der Waals surface area contributed by atoms with Gasteiger partial charge in [-0.3, -0.25) is 4.90 Å². The number of rotatable bonds is 3. The summed E-state index contributed by atoms with van der Waals surface area (Å²) >= 11 is 0. The van der Waals surface area contributed by atoms with Crippen molar-refractivity contribution in [1.82, 2.24) is 5.32 Å². The van der Waals surface area contributed by atoms with Gasteiger partial charge >= 0.3 is 12.0 Å². The third kappa shape index (κ3) is 2.95. The number of urea groups is 1. The Hall–Kier alpha value is -2.38. The monoisotopic (exact) mass is 286 g/mol. The zero-order valence-electron chi connectivity index (χ0n) is 10.3. The molecule has 1 aliphatic heterocycles. The maximum atomic E-state index is 12.1. The van der Waals surface area contributed by atoms with E-state index in [9.17, 15) is 18.4 Å². The Morgan fingerprint density at radius 3 is 2.80 bits per heavy atom. The van der Waals surface area contributed by atoms with E-state index in [2.05, 4.69) is 0 Å². The van der Waals surface area contributed by atoms with Crippen LogP contribution in [0.25, 0.3) is 0 Å². The smallest absolute Gasteiger partial charge is 0.346 e. The first kappa shape index (κ1) is 14.0. The third-order valence-corrected chi connectivity index (χ3v) is 2.70. The minimum absolute atomic E-state index is 0.221. The van der Waals surface area contributed by atoms with Crippen molar-refractivity contribution in [2.75, 3.05) is 18.0 Å². The molecule has 1 aromatic carbocycles. The lowest BCUT2D eigenvalue weighted by Crippen LogP contribution is -2.51. The molecule has 108 valence electrons. The number of ether oxygens (including phenoxy) is 1. The number of carboxylic acids is 1. The van der Waals surface area contributed by atoms with E-state index in [1.54, 1.807) is 18.2 Å². The molecule has 8 heteroatoms. The molecule has 0 spiro atoms. The van der Waals surface area contributed by atoms with Crippen LogP contribution in [0.2, 0.25) is 0 Å². The highest BCUT2D eigenvalue weighted by Crippen LogP contribution is 2.33. The van der Waals surface area contributed by atoms with Gasteiger partial charge in [0.15, 0.2) is 0 Å². The van der Waals surface area contributed by atoms with Gasteiger partial charge in [-0.15, -0.1) is 0 Å². The lowest BCUT2D eigenvalue weighted by Gasteiger charge is -2.32. The number of benzene rings is 1. The third-order valence-electron chi connectivity index (χ3n) is 2.70. The molecule has 0 saturated heterocycles. The van der Waals surface area contributed by atoms with Crippen LogP contribution in [0.1, 0.15) is 0 Å². The van der Waals surface area contributed by atoms with Crippen molar-refractivity contribution in [3.63, 3.8) is 0 Å². The SMILES string of the molecule is O=C(O)C1CN(C(=O)NCC(F)F)c2ccccc2O1. The van der Waals surface area contributed by atoms with Crippen LogP contribution < -0.4 is 15.0 Å². The zero-order chi connectivity index (χ0) is 14.7. The summed E-state index contributed by atoms with van der Waals surface area (Å²) in [6, 6.07) is 5.54. The molecule has 0 bridgehead atoms.